The number of nitrogens with zero attached hydrogens (tertiary/aromatic N) is 1. The molecule has 3 aliphatic rings. The number of aliphatic hydroxyl groups excluding tert-OH is 1. The molecule has 170 valence electrons. The number of amides is 3. The van der Waals surface area contributed by atoms with Crippen molar-refractivity contribution in [1.82, 2.24) is 15.5 Å². The lowest BCUT2D eigenvalue weighted by Gasteiger charge is -2.39. The van der Waals surface area contributed by atoms with Crippen LogP contribution in [0.1, 0.15) is 59.3 Å². The Hall–Kier alpha value is -1.28. The van der Waals surface area contributed by atoms with Crippen LogP contribution in [0, 0.1) is 17.8 Å². The Kier molecular flexibility index (Phi) is 7.38. The Balaban J connectivity index is 1.97. The predicted octanol–water partition coefficient (Wildman–Crippen LogP) is 1.54. The molecule has 2 unspecified atom stereocenters. The molecule has 0 aromatic heterocycles. The third kappa shape index (κ3) is 3.64. The first-order valence-corrected chi connectivity index (χ1v) is 12.4. The topological polar surface area (TPSA) is 98.7 Å². The average Bonchev–Trinajstić information content (AvgIpc) is 3.39. The quantitative estimate of drug-likeness (QED) is 0.449. The molecule has 2 bridgehead atoms. The van der Waals surface area contributed by atoms with Crippen LogP contribution in [0.2, 0.25) is 0 Å². The van der Waals surface area contributed by atoms with Gasteiger partial charge in [0.15, 0.2) is 0 Å². The lowest BCUT2D eigenvalue weighted by atomic mass is 9.71. The number of unbranched alkanes of at least 4 members (excludes halogenated alkanes) is 2. The molecular formula is C22H37N3O4S. The zero-order chi connectivity index (χ0) is 22.1. The van der Waals surface area contributed by atoms with E-state index in [2.05, 4.69) is 17.6 Å². The number of carbonyl (C=O) groups excluding carboxylic acids is 3. The van der Waals surface area contributed by atoms with Crippen LogP contribution in [-0.4, -0.2) is 70.0 Å². The summed E-state index contributed by atoms with van der Waals surface area (Å²) >= 11 is 1.67. The van der Waals surface area contributed by atoms with Crippen molar-refractivity contribution in [3.05, 3.63) is 0 Å². The summed E-state index contributed by atoms with van der Waals surface area (Å²) in [5, 5.41) is 16.1. The molecule has 3 aliphatic heterocycles. The highest BCUT2D eigenvalue weighted by Gasteiger charge is 2.74. The van der Waals surface area contributed by atoms with Crippen molar-refractivity contribution in [3.8, 4) is 0 Å². The van der Waals surface area contributed by atoms with Crippen molar-refractivity contribution >= 4 is 29.5 Å². The molecule has 3 heterocycles. The third-order valence-electron chi connectivity index (χ3n) is 7.46. The summed E-state index contributed by atoms with van der Waals surface area (Å²) in [5.74, 6) is -1.21. The second-order valence-corrected chi connectivity index (χ2v) is 10.7. The van der Waals surface area contributed by atoms with Gasteiger partial charge in [0.2, 0.25) is 17.7 Å². The lowest BCUT2D eigenvalue weighted by Crippen LogP contribution is -2.57. The van der Waals surface area contributed by atoms with E-state index < -0.39 is 28.7 Å². The fraction of sp³-hybridized carbons (Fsp3) is 0.864. The van der Waals surface area contributed by atoms with Crippen LogP contribution in [0.25, 0.3) is 0 Å². The molecule has 0 radical (unpaired) electrons. The highest BCUT2D eigenvalue weighted by Crippen LogP contribution is 2.66. The second kappa shape index (κ2) is 9.47. The number of nitrogens with one attached hydrogen (secondary N) is 2. The van der Waals surface area contributed by atoms with Crippen LogP contribution in [-0.2, 0) is 14.4 Å². The first-order chi connectivity index (χ1) is 14.4. The van der Waals surface area contributed by atoms with Gasteiger partial charge in [0.05, 0.1) is 29.2 Å². The molecule has 7 nitrogen and oxygen atoms in total. The molecule has 0 aromatic carbocycles. The van der Waals surface area contributed by atoms with E-state index in [4.69, 9.17) is 0 Å². The van der Waals surface area contributed by atoms with Crippen molar-refractivity contribution in [2.24, 2.45) is 17.8 Å². The van der Waals surface area contributed by atoms with E-state index in [-0.39, 0.29) is 35.5 Å². The predicted molar refractivity (Wildman–Crippen MR) is 118 cm³/mol. The first-order valence-electron chi connectivity index (χ1n) is 11.5. The molecule has 3 amide bonds. The maximum atomic E-state index is 13.8. The number of likely N-dealkylation sites (tertiary alicyclic amines) is 1. The van der Waals surface area contributed by atoms with Gasteiger partial charge in [-0.05, 0) is 25.2 Å². The van der Waals surface area contributed by atoms with Crippen molar-refractivity contribution in [2.75, 3.05) is 20.2 Å². The minimum Gasteiger partial charge on any atom is -0.394 e. The molecule has 3 saturated heterocycles. The summed E-state index contributed by atoms with van der Waals surface area (Å²) in [6.45, 7) is 6.57. The number of hydrogen-bond acceptors (Lipinski definition) is 5. The van der Waals surface area contributed by atoms with E-state index in [1.165, 1.54) is 0 Å². The molecular weight excluding hydrogens is 402 g/mol. The summed E-state index contributed by atoms with van der Waals surface area (Å²) in [5.41, 5.74) is 0. The number of thioether (sulfide) groups is 1. The smallest absolute Gasteiger partial charge is 0.244 e. The molecule has 0 aliphatic carbocycles. The molecule has 3 N–H and O–H groups in total. The van der Waals surface area contributed by atoms with Crippen molar-refractivity contribution < 1.29 is 19.5 Å². The summed E-state index contributed by atoms with van der Waals surface area (Å²) in [7, 11) is 1.61. The maximum Gasteiger partial charge on any atom is 0.244 e. The second-order valence-electron chi connectivity index (χ2n) is 9.05. The fourth-order valence-electron chi connectivity index (χ4n) is 5.71. The normalized spacial score (nSPS) is 34.0. The zero-order valence-corrected chi connectivity index (χ0v) is 19.5. The van der Waals surface area contributed by atoms with Crippen LogP contribution in [0.15, 0.2) is 0 Å². The van der Waals surface area contributed by atoms with Crippen LogP contribution in [0.3, 0.4) is 0 Å². The molecule has 8 heteroatoms. The number of carbonyl (C=O) groups is 3. The number of aliphatic hydroxyl groups is 1. The number of rotatable bonds is 10. The fourth-order valence-corrected chi connectivity index (χ4v) is 7.92. The first kappa shape index (κ1) is 23.4. The van der Waals surface area contributed by atoms with Gasteiger partial charge in [-0.15, -0.1) is 11.8 Å². The summed E-state index contributed by atoms with van der Waals surface area (Å²) in [4.78, 5) is 41.6. The van der Waals surface area contributed by atoms with Gasteiger partial charge in [0.25, 0.3) is 0 Å². The Labute approximate surface area is 184 Å². The van der Waals surface area contributed by atoms with E-state index in [9.17, 15) is 19.5 Å². The van der Waals surface area contributed by atoms with Gasteiger partial charge in [0, 0.05) is 18.8 Å². The molecule has 0 aromatic rings. The van der Waals surface area contributed by atoms with Gasteiger partial charge in [-0.1, -0.05) is 40.0 Å². The van der Waals surface area contributed by atoms with Crippen molar-refractivity contribution in [3.63, 3.8) is 0 Å². The molecule has 30 heavy (non-hydrogen) atoms. The Morgan fingerprint density at radius 2 is 2.03 bits per heavy atom. The Morgan fingerprint density at radius 3 is 2.63 bits per heavy atom. The molecule has 1 spiro atoms. The van der Waals surface area contributed by atoms with Crippen molar-refractivity contribution in [2.45, 2.75) is 81.4 Å². The minimum absolute atomic E-state index is 0.0604. The average molecular weight is 440 g/mol. The van der Waals surface area contributed by atoms with Gasteiger partial charge in [-0.3, -0.25) is 14.4 Å². The molecule has 3 rings (SSSR count). The van der Waals surface area contributed by atoms with E-state index in [1.807, 2.05) is 13.8 Å². The molecule has 7 atom stereocenters. The number of fused-ring (bicyclic) bond motifs is 1. The maximum absolute atomic E-state index is 13.8. The van der Waals surface area contributed by atoms with Crippen LogP contribution in [0.5, 0.6) is 0 Å². The SMILES string of the molecule is CCCCCNC(=O)C1N([C@@H](CO)[C@@H](C)CC)C(=O)[C@@H]2[C@H](C(=O)NC)[C@@H]3CCC12S3. The summed E-state index contributed by atoms with van der Waals surface area (Å²) in [6.07, 6.45) is 5.42. The Bertz CT molecular complexity index is 675. The van der Waals surface area contributed by atoms with E-state index in [1.54, 1.807) is 23.7 Å². The standard InChI is InChI=1S/C22H37N3O4S/c1-5-7-8-11-24-20(28)18-22-10-9-15(30-22)16(19(27)23-4)17(22)21(29)25(18)14(12-26)13(3)6-2/h13-18,26H,5-12H2,1-4H3,(H,23,27)(H,24,28)/t13-,14-,15-,16+,17-,18?,22?/m0/s1. The highest BCUT2D eigenvalue weighted by molar-refractivity contribution is 8.02. The third-order valence-corrected chi connectivity index (χ3v) is 9.41. The minimum atomic E-state index is -0.632. The monoisotopic (exact) mass is 439 g/mol. The van der Waals surface area contributed by atoms with Gasteiger partial charge in [0.1, 0.15) is 6.04 Å². The Morgan fingerprint density at radius 1 is 1.30 bits per heavy atom. The van der Waals surface area contributed by atoms with Gasteiger partial charge in [-0.25, -0.2) is 0 Å². The molecule has 3 fully saturated rings. The largest absolute Gasteiger partial charge is 0.394 e. The van der Waals surface area contributed by atoms with Gasteiger partial charge in [-0.2, -0.15) is 0 Å². The van der Waals surface area contributed by atoms with Crippen LogP contribution < -0.4 is 10.6 Å². The van der Waals surface area contributed by atoms with E-state index in [0.717, 1.165) is 38.5 Å². The zero-order valence-electron chi connectivity index (χ0n) is 18.6. The summed E-state index contributed by atoms with van der Waals surface area (Å²) < 4.78 is -0.575. The van der Waals surface area contributed by atoms with Gasteiger partial charge >= 0.3 is 0 Å². The highest BCUT2D eigenvalue weighted by atomic mass is 32.2. The van der Waals surface area contributed by atoms with Crippen LogP contribution >= 0.6 is 11.8 Å². The van der Waals surface area contributed by atoms with E-state index in [0.29, 0.717) is 6.54 Å². The summed E-state index contributed by atoms with van der Waals surface area (Å²) in [6, 6.07) is -1.05. The molecule has 0 saturated carbocycles. The van der Waals surface area contributed by atoms with Gasteiger partial charge < -0.3 is 20.6 Å². The van der Waals surface area contributed by atoms with E-state index >= 15 is 0 Å². The van der Waals surface area contributed by atoms with Crippen LogP contribution in [0.4, 0.5) is 0 Å². The van der Waals surface area contributed by atoms with Crippen molar-refractivity contribution in [1.29, 1.82) is 0 Å². The number of hydrogen-bond donors (Lipinski definition) is 3. The lowest BCUT2D eigenvalue weighted by molar-refractivity contribution is -0.143.